The summed E-state index contributed by atoms with van der Waals surface area (Å²) in [5.74, 6) is 0.731. The molecule has 0 saturated carbocycles. The number of thioether (sulfide) groups is 1. The van der Waals surface area contributed by atoms with Crippen molar-refractivity contribution in [2.45, 2.75) is 19.9 Å². The van der Waals surface area contributed by atoms with Crippen LogP contribution in [0.3, 0.4) is 0 Å². The number of rotatable bonds is 8. The summed E-state index contributed by atoms with van der Waals surface area (Å²) in [5.41, 5.74) is 8.85. The van der Waals surface area contributed by atoms with Crippen LogP contribution in [-0.2, 0) is 13.0 Å². The average Bonchev–Trinajstić information content (AvgIpc) is 3.16. The van der Waals surface area contributed by atoms with Crippen LogP contribution in [0.2, 0.25) is 0 Å². The van der Waals surface area contributed by atoms with E-state index in [4.69, 9.17) is 15.7 Å². The van der Waals surface area contributed by atoms with Crippen molar-refractivity contribution in [2.75, 3.05) is 12.9 Å². The first-order valence-electron chi connectivity index (χ1n) is 7.67. The monoisotopic (exact) mass is 376 g/mol. The molecule has 2 aromatic rings. The molecule has 0 amide bonds. The quantitative estimate of drug-likeness (QED) is 0.231. The van der Waals surface area contributed by atoms with Crippen molar-refractivity contribution in [1.82, 2.24) is 5.01 Å². The lowest BCUT2D eigenvalue weighted by atomic mass is 10.1. The van der Waals surface area contributed by atoms with Crippen molar-refractivity contribution in [3.63, 3.8) is 0 Å². The molecular formula is C17H20N4O2S2. The zero-order valence-corrected chi connectivity index (χ0v) is 15.7. The minimum absolute atomic E-state index is 0.0777. The van der Waals surface area contributed by atoms with Gasteiger partial charge in [0.1, 0.15) is 5.75 Å². The van der Waals surface area contributed by atoms with Gasteiger partial charge in [0.25, 0.3) is 0 Å². The predicted molar refractivity (Wildman–Crippen MR) is 102 cm³/mol. The standard InChI is InChI=1S/C17H20N4O2S2/c1-3-12-6-7-13(9-16(12)23-2)15(22)11-25-17(18)21(20-19)10-14-5-4-8-24-14/h4-9,18-19H,3,10-11H2,1-2H3. The molecule has 25 heavy (non-hydrogen) atoms. The number of aryl methyl sites for hydroxylation is 1. The van der Waals surface area contributed by atoms with Gasteiger partial charge < -0.3 is 4.74 Å². The van der Waals surface area contributed by atoms with Crippen LogP contribution in [0.15, 0.2) is 40.9 Å². The third kappa shape index (κ3) is 5.14. The van der Waals surface area contributed by atoms with E-state index in [-0.39, 0.29) is 16.7 Å². The lowest BCUT2D eigenvalue weighted by molar-refractivity contribution is 0.102. The van der Waals surface area contributed by atoms with E-state index in [2.05, 4.69) is 5.22 Å². The van der Waals surface area contributed by atoms with Crippen molar-refractivity contribution in [3.8, 4) is 5.75 Å². The average molecular weight is 377 g/mol. The smallest absolute Gasteiger partial charge is 0.179 e. The van der Waals surface area contributed by atoms with Crippen molar-refractivity contribution < 1.29 is 9.53 Å². The predicted octanol–water partition coefficient (Wildman–Crippen LogP) is 4.62. The van der Waals surface area contributed by atoms with Crippen LogP contribution in [0.4, 0.5) is 0 Å². The Morgan fingerprint density at radius 2 is 2.20 bits per heavy atom. The first-order chi connectivity index (χ1) is 12.1. The summed E-state index contributed by atoms with van der Waals surface area (Å²) in [6.45, 7) is 2.39. The Balaban J connectivity index is 1.96. The number of amidine groups is 1. The van der Waals surface area contributed by atoms with Gasteiger partial charge in [-0.3, -0.25) is 10.2 Å². The minimum Gasteiger partial charge on any atom is -0.496 e. The third-order valence-electron chi connectivity index (χ3n) is 3.57. The number of nitrogens with one attached hydrogen (secondary N) is 2. The third-order valence-corrected chi connectivity index (χ3v) is 5.32. The lowest BCUT2D eigenvalue weighted by Crippen LogP contribution is -2.22. The zero-order chi connectivity index (χ0) is 18.2. The van der Waals surface area contributed by atoms with E-state index in [0.29, 0.717) is 17.9 Å². The van der Waals surface area contributed by atoms with E-state index in [1.54, 1.807) is 30.6 Å². The Labute approximate surface area is 155 Å². The molecule has 8 heteroatoms. The van der Waals surface area contributed by atoms with Gasteiger partial charge in [0.2, 0.25) is 0 Å². The Morgan fingerprint density at radius 3 is 2.80 bits per heavy atom. The van der Waals surface area contributed by atoms with Gasteiger partial charge in [-0.15, -0.1) is 11.3 Å². The second kappa shape index (κ2) is 9.33. The molecule has 6 nitrogen and oxygen atoms in total. The fourth-order valence-electron chi connectivity index (χ4n) is 2.20. The van der Waals surface area contributed by atoms with Gasteiger partial charge in [-0.1, -0.05) is 42.1 Å². The van der Waals surface area contributed by atoms with Crippen LogP contribution in [0.5, 0.6) is 5.75 Å². The molecule has 0 bridgehead atoms. The molecule has 132 valence electrons. The number of hydrogen-bond donors (Lipinski definition) is 2. The van der Waals surface area contributed by atoms with Gasteiger partial charge in [-0.2, -0.15) is 5.53 Å². The Kier molecular flexibility index (Phi) is 7.15. The van der Waals surface area contributed by atoms with E-state index < -0.39 is 0 Å². The highest BCUT2D eigenvalue weighted by Crippen LogP contribution is 2.22. The number of carbonyl (C=O) groups is 1. The van der Waals surface area contributed by atoms with Gasteiger partial charge in [0.15, 0.2) is 11.0 Å². The molecule has 0 aliphatic heterocycles. The molecule has 1 aromatic heterocycles. The van der Waals surface area contributed by atoms with Crippen LogP contribution in [0, 0.1) is 10.9 Å². The number of Topliss-reactive ketones (excluding diaryl/α,β-unsaturated/α-hetero) is 1. The number of thiophene rings is 1. The normalized spacial score (nSPS) is 10.3. The number of carbonyl (C=O) groups excluding carboxylic acids is 1. The van der Waals surface area contributed by atoms with E-state index >= 15 is 0 Å². The highest BCUT2D eigenvalue weighted by atomic mass is 32.2. The summed E-state index contributed by atoms with van der Waals surface area (Å²) < 4.78 is 5.32. The summed E-state index contributed by atoms with van der Waals surface area (Å²) in [6.07, 6.45) is 0.833. The number of nitrogens with zero attached hydrogens (tertiary/aromatic N) is 2. The fraction of sp³-hybridized carbons (Fsp3) is 0.294. The van der Waals surface area contributed by atoms with Gasteiger partial charge in [-0.05, 0) is 29.5 Å². The number of ether oxygens (including phenoxy) is 1. The minimum atomic E-state index is -0.0863. The Hall–Kier alpha value is -2.19. The van der Waals surface area contributed by atoms with Crippen LogP contribution < -0.4 is 4.74 Å². The molecule has 2 rings (SSSR count). The van der Waals surface area contributed by atoms with Gasteiger partial charge in [0.05, 0.1) is 19.4 Å². The van der Waals surface area contributed by atoms with Crippen LogP contribution in [0.1, 0.15) is 27.7 Å². The lowest BCUT2D eigenvalue weighted by Gasteiger charge is -2.16. The molecule has 0 saturated heterocycles. The number of benzene rings is 1. The molecule has 2 N–H and O–H groups in total. The van der Waals surface area contributed by atoms with Crippen molar-refractivity contribution in [1.29, 1.82) is 10.9 Å². The maximum Gasteiger partial charge on any atom is 0.179 e. The Bertz CT molecular complexity index is 747. The molecule has 1 aromatic carbocycles. The van der Waals surface area contributed by atoms with E-state index in [1.165, 1.54) is 5.01 Å². The summed E-state index contributed by atoms with van der Waals surface area (Å²) in [5, 5.41) is 14.7. The first-order valence-corrected chi connectivity index (χ1v) is 9.54. The second-order valence-electron chi connectivity index (χ2n) is 5.13. The molecule has 0 aliphatic carbocycles. The highest BCUT2D eigenvalue weighted by Gasteiger charge is 2.15. The van der Waals surface area contributed by atoms with Crippen LogP contribution in [0.25, 0.3) is 0 Å². The maximum absolute atomic E-state index is 12.4. The van der Waals surface area contributed by atoms with Gasteiger partial charge >= 0.3 is 0 Å². The molecule has 0 aliphatic rings. The molecule has 0 spiro atoms. The van der Waals surface area contributed by atoms with E-state index in [1.807, 2.05) is 30.5 Å². The SMILES string of the molecule is CCc1ccc(C(=O)CSC(=N)N(Cc2cccs2)N=N)cc1OC. The molecule has 0 unspecified atom stereocenters. The maximum atomic E-state index is 12.4. The molecule has 0 radical (unpaired) electrons. The van der Waals surface area contributed by atoms with Crippen molar-refractivity contribution in [2.24, 2.45) is 5.22 Å². The van der Waals surface area contributed by atoms with Crippen LogP contribution in [-0.4, -0.2) is 28.8 Å². The second-order valence-corrected chi connectivity index (χ2v) is 7.13. The largest absolute Gasteiger partial charge is 0.496 e. The fourth-order valence-corrected chi connectivity index (χ4v) is 3.58. The van der Waals surface area contributed by atoms with Crippen LogP contribution >= 0.6 is 23.1 Å². The zero-order valence-electron chi connectivity index (χ0n) is 14.1. The summed E-state index contributed by atoms with van der Waals surface area (Å²) in [4.78, 5) is 13.4. The van der Waals surface area contributed by atoms with Crippen molar-refractivity contribution in [3.05, 3.63) is 51.7 Å². The van der Waals surface area contributed by atoms with Gasteiger partial charge in [0, 0.05) is 10.4 Å². The Morgan fingerprint density at radius 1 is 1.40 bits per heavy atom. The molecule has 0 fully saturated rings. The number of hydrogen-bond acceptors (Lipinski definition) is 7. The summed E-state index contributed by atoms with van der Waals surface area (Å²) in [6, 6.07) is 9.25. The molecule has 1 heterocycles. The van der Waals surface area contributed by atoms with Crippen molar-refractivity contribution >= 4 is 34.0 Å². The summed E-state index contributed by atoms with van der Waals surface area (Å²) >= 11 is 2.61. The topological polar surface area (TPSA) is 89.6 Å². The number of ketones is 1. The first kappa shape index (κ1) is 19.1. The highest BCUT2D eigenvalue weighted by molar-refractivity contribution is 8.14. The molecular weight excluding hydrogens is 356 g/mol. The number of methoxy groups -OCH3 is 1. The summed E-state index contributed by atoms with van der Waals surface area (Å²) in [7, 11) is 1.59. The van der Waals surface area contributed by atoms with Gasteiger partial charge in [-0.25, -0.2) is 5.01 Å². The van der Waals surface area contributed by atoms with E-state index in [9.17, 15) is 4.79 Å². The van der Waals surface area contributed by atoms with E-state index in [0.717, 1.165) is 28.6 Å². The molecule has 0 atom stereocenters.